The highest BCUT2D eigenvalue weighted by molar-refractivity contribution is 7.92. The standard InChI is InChI=1S/C19H22Cl2N2O4S/c1-3-27-10-4-9-22-19(24)16-12-15(7-8-17(16)20)28(25,26)23-14-6-5-13(2)18(21)11-14/h5-8,11-12,23H,3-4,9-10H2,1-2H3,(H,22,24). The number of rotatable bonds is 9. The van der Waals surface area contributed by atoms with Crippen LogP contribution in [0.4, 0.5) is 5.69 Å². The Balaban J connectivity index is 2.15. The van der Waals surface area contributed by atoms with E-state index in [1.54, 1.807) is 12.1 Å². The molecule has 0 saturated carbocycles. The second-order valence-corrected chi connectivity index (χ2v) is 8.51. The van der Waals surface area contributed by atoms with Crippen LogP contribution < -0.4 is 10.0 Å². The number of sulfonamides is 1. The van der Waals surface area contributed by atoms with E-state index < -0.39 is 15.9 Å². The van der Waals surface area contributed by atoms with Gasteiger partial charge in [-0.05, 0) is 56.2 Å². The van der Waals surface area contributed by atoms with Crippen LogP contribution in [0.2, 0.25) is 10.0 Å². The average Bonchev–Trinajstić information content (AvgIpc) is 2.64. The molecular weight excluding hydrogens is 423 g/mol. The Morgan fingerprint density at radius 3 is 2.54 bits per heavy atom. The SMILES string of the molecule is CCOCCCNC(=O)c1cc(S(=O)(=O)Nc2ccc(C)c(Cl)c2)ccc1Cl. The Labute approximate surface area is 175 Å². The number of amides is 1. The Hall–Kier alpha value is -1.80. The maximum Gasteiger partial charge on any atom is 0.261 e. The largest absolute Gasteiger partial charge is 0.382 e. The minimum Gasteiger partial charge on any atom is -0.382 e. The number of ether oxygens (including phenoxy) is 1. The van der Waals surface area contributed by atoms with Crippen molar-refractivity contribution < 1.29 is 17.9 Å². The van der Waals surface area contributed by atoms with Crippen LogP contribution in [0.1, 0.15) is 29.3 Å². The van der Waals surface area contributed by atoms with E-state index in [9.17, 15) is 13.2 Å². The van der Waals surface area contributed by atoms with Crippen molar-refractivity contribution in [3.63, 3.8) is 0 Å². The van der Waals surface area contributed by atoms with Crippen LogP contribution in [0, 0.1) is 6.92 Å². The van der Waals surface area contributed by atoms with E-state index in [-0.39, 0.29) is 15.5 Å². The number of benzene rings is 2. The molecule has 0 spiro atoms. The lowest BCUT2D eigenvalue weighted by atomic mass is 10.2. The average molecular weight is 445 g/mol. The molecule has 6 nitrogen and oxygen atoms in total. The van der Waals surface area contributed by atoms with E-state index >= 15 is 0 Å². The molecule has 0 aliphatic heterocycles. The van der Waals surface area contributed by atoms with E-state index in [2.05, 4.69) is 10.0 Å². The molecule has 0 atom stereocenters. The second-order valence-electron chi connectivity index (χ2n) is 6.02. The number of hydrogen-bond donors (Lipinski definition) is 2. The molecule has 0 aliphatic rings. The van der Waals surface area contributed by atoms with Crippen LogP contribution in [-0.2, 0) is 14.8 Å². The van der Waals surface area contributed by atoms with Crippen LogP contribution in [0.15, 0.2) is 41.3 Å². The Kier molecular flexibility index (Phi) is 8.12. The molecule has 0 aromatic heterocycles. The van der Waals surface area contributed by atoms with E-state index in [0.717, 1.165) is 5.56 Å². The van der Waals surface area contributed by atoms with Crippen molar-refractivity contribution in [2.24, 2.45) is 0 Å². The zero-order valence-corrected chi connectivity index (χ0v) is 17.9. The zero-order chi connectivity index (χ0) is 20.7. The summed E-state index contributed by atoms with van der Waals surface area (Å²) >= 11 is 12.1. The summed E-state index contributed by atoms with van der Waals surface area (Å²) in [6, 6.07) is 8.82. The van der Waals surface area contributed by atoms with E-state index in [1.807, 2.05) is 13.8 Å². The fourth-order valence-corrected chi connectivity index (χ4v) is 3.79. The van der Waals surface area contributed by atoms with Gasteiger partial charge in [0, 0.05) is 24.8 Å². The summed E-state index contributed by atoms with van der Waals surface area (Å²) < 4.78 is 33.0. The summed E-state index contributed by atoms with van der Waals surface area (Å²) in [5.74, 6) is -0.447. The van der Waals surface area contributed by atoms with Gasteiger partial charge in [-0.15, -0.1) is 0 Å². The molecule has 0 bridgehead atoms. The molecule has 0 radical (unpaired) electrons. The monoisotopic (exact) mass is 444 g/mol. The molecule has 0 unspecified atom stereocenters. The molecule has 9 heteroatoms. The van der Waals surface area contributed by atoms with Gasteiger partial charge in [0.15, 0.2) is 0 Å². The fourth-order valence-electron chi connectivity index (χ4n) is 2.33. The highest BCUT2D eigenvalue weighted by Gasteiger charge is 2.19. The maximum absolute atomic E-state index is 12.7. The highest BCUT2D eigenvalue weighted by atomic mass is 35.5. The third-order valence-electron chi connectivity index (χ3n) is 3.87. The molecular formula is C19H22Cl2N2O4S. The number of hydrogen-bond acceptors (Lipinski definition) is 4. The smallest absolute Gasteiger partial charge is 0.261 e. The first-order valence-corrected chi connectivity index (χ1v) is 10.9. The minimum absolute atomic E-state index is 0.0759. The summed E-state index contributed by atoms with van der Waals surface area (Å²) in [6.45, 7) is 5.25. The van der Waals surface area contributed by atoms with Crippen molar-refractivity contribution in [2.75, 3.05) is 24.5 Å². The molecule has 2 aromatic rings. The van der Waals surface area contributed by atoms with Crippen LogP contribution in [0.5, 0.6) is 0 Å². The normalized spacial score (nSPS) is 11.3. The molecule has 0 saturated heterocycles. The Bertz CT molecular complexity index is 949. The van der Waals surface area contributed by atoms with Gasteiger partial charge in [0.1, 0.15) is 0 Å². The lowest BCUT2D eigenvalue weighted by molar-refractivity contribution is 0.0944. The number of carbonyl (C=O) groups excluding carboxylic acids is 1. The first kappa shape index (κ1) is 22.5. The fraction of sp³-hybridized carbons (Fsp3) is 0.316. The van der Waals surface area contributed by atoms with Gasteiger partial charge in [0.2, 0.25) is 0 Å². The van der Waals surface area contributed by atoms with Crippen LogP contribution in [0.25, 0.3) is 0 Å². The van der Waals surface area contributed by atoms with Crippen molar-refractivity contribution in [2.45, 2.75) is 25.2 Å². The molecule has 2 aromatic carbocycles. The maximum atomic E-state index is 12.7. The lowest BCUT2D eigenvalue weighted by Crippen LogP contribution is -2.26. The second kappa shape index (κ2) is 10.1. The summed E-state index contributed by atoms with van der Waals surface area (Å²) in [7, 11) is -3.92. The first-order chi connectivity index (χ1) is 13.2. The van der Waals surface area contributed by atoms with Crippen molar-refractivity contribution >= 4 is 44.8 Å². The van der Waals surface area contributed by atoms with E-state index in [4.69, 9.17) is 27.9 Å². The van der Waals surface area contributed by atoms with Crippen LogP contribution in [-0.4, -0.2) is 34.1 Å². The Morgan fingerprint density at radius 1 is 1.11 bits per heavy atom. The van der Waals surface area contributed by atoms with Gasteiger partial charge in [-0.1, -0.05) is 29.3 Å². The zero-order valence-electron chi connectivity index (χ0n) is 15.6. The molecule has 0 heterocycles. The van der Waals surface area contributed by atoms with Gasteiger partial charge in [-0.3, -0.25) is 9.52 Å². The van der Waals surface area contributed by atoms with Crippen LogP contribution >= 0.6 is 23.2 Å². The van der Waals surface area contributed by atoms with Crippen molar-refractivity contribution in [1.82, 2.24) is 5.32 Å². The molecule has 2 N–H and O–H groups in total. The molecule has 0 aliphatic carbocycles. The number of carbonyl (C=O) groups is 1. The van der Waals surface area contributed by atoms with E-state index in [1.165, 1.54) is 24.3 Å². The van der Waals surface area contributed by atoms with Gasteiger partial charge >= 0.3 is 0 Å². The van der Waals surface area contributed by atoms with Gasteiger partial charge in [0.25, 0.3) is 15.9 Å². The van der Waals surface area contributed by atoms with Gasteiger partial charge in [-0.25, -0.2) is 8.42 Å². The number of anilines is 1. The van der Waals surface area contributed by atoms with Crippen LogP contribution in [0.3, 0.4) is 0 Å². The quantitative estimate of drug-likeness (QED) is 0.565. The predicted molar refractivity (Wildman–Crippen MR) is 112 cm³/mol. The van der Waals surface area contributed by atoms with Crippen molar-refractivity contribution in [1.29, 1.82) is 0 Å². The van der Waals surface area contributed by atoms with E-state index in [0.29, 0.717) is 36.9 Å². The third-order valence-corrected chi connectivity index (χ3v) is 5.99. The molecule has 28 heavy (non-hydrogen) atoms. The molecule has 2 rings (SSSR count). The van der Waals surface area contributed by atoms with Crippen molar-refractivity contribution in [3.05, 3.63) is 57.6 Å². The third kappa shape index (κ3) is 6.10. The molecule has 1 amide bonds. The summed E-state index contributed by atoms with van der Waals surface area (Å²) in [5, 5.41) is 3.32. The number of halogens is 2. The van der Waals surface area contributed by atoms with Gasteiger partial charge in [0.05, 0.1) is 21.2 Å². The number of nitrogens with one attached hydrogen (secondary N) is 2. The summed E-state index contributed by atoms with van der Waals surface area (Å²) in [6.07, 6.45) is 0.644. The highest BCUT2D eigenvalue weighted by Crippen LogP contribution is 2.25. The lowest BCUT2D eigenvalue weighted by Gasteiger charge is -2.12. The summed E-state index contributed by atoms with van der Waals surface area (Å²) in [5.41, 5.74) is 1.25. The minimum atomic E-state index is -3.92. The first-order valence-electron chi connectivity index (χ1n) is 8.69. The van der Waals surface area contributed by atoms with Crippen molar-refractivity contribution in [3.8, 4) is 0 Å². The number of aryl methyl sites for hydroxylation is 1. The van der Waals surface area contributed by atoms with Gasteiger partial charge in [-0.2, -0.15) is 0 Å². The Morgan fingerprint density at radius 2 is 1.86 bits per heavy atom. The predicted octanol–water partition coefficient (Wildman–Crippen LogP) is 4.26. The topological polar surface area (TPSA) is 84.5 Å². The van der Waals surface area contributed by atoms with Gasteiger partial charge < -0.3 is 10.1 Å². The molecule has 152 valence electrons. The summed E-state index contributed by atoms with van der Waals surface area (Å²) in [4.78, 5) is 12.3. The molecule has 0 fully saturated rings.